The highest BCUT2D eigenvalue weighted by molar-refractivity contribution is 5.77. The van der Waals surface area contributed by atoms with Gasteiger partial charge in [0.05, 0.1) is 20.8 Å². The summed E-state index contributed by atoms with van der Waals surface area (Å²) in [5, 5.41) is 3.15. The Bertz CT molecular complexity index is 473. The van der Waals surface area contributed by atoms with Gasteiger partial charge in [0.25, 0.3) is 0 Å². The van der Waals surface area contributed by atoms with Crippen LogP contribution in [0.25, 0.3) is 0 Å². The van der Waals surface area contributed by atoms with Crippen molar-refractivity contribution in [3.8, 4) is 11.5 Å². The fourth-order valence-corrected chi connectivity index (χ4v) is 2.11. The number of hydrogen-bond acceptors (Lipinski definition) is 3. The molecule has 0 radical (unpaired) electrons. The molecule has 0 saturated heterocycles. The van der Waals surface area contributed by atoms with Crippen molar-refractivity contribution < 1.29 is 9.47 Å². The quantitative estimate of drug-likeness (QED) is 0.418. The predicted molar refractivity (Wildman–Crippen MR) is 91.6 cm³/mol. The van der Waals surface area contributed by atoms with Crippen LogP contribution in [0.1, 0.15) is 38.7 Å². The van der Waals surface area contributed by atoms with Crippen LogP contribution in [0.15, 0.2) is 23.2 Å². The molecule has 0 aliphatic carbocycles. The van der Waals surface area contributed by atoms with E-state index in [1.54, 1.807) is 14.2 Å². The van der Waals surface area contributed by atoms with Crippen LogP contribution in [0.5, 0.6) is 11.5 Å². The van der Waals surface area contributed by atoms with Crippen LogP contribution in [0.3, 0.4) is 0 Å². The van der Waals surface area contributed by atoms with Gasteiger partial charge in [-0.15, -0.1) is 0 Å². The van der Waals surface area contributed by atoms with Crippen molar-refractivity contribution >= 4 is 5.96 Å². The number of benzene rings is 1. The molecule has 0 aromatic heterocycles. The number of unbranched alkanes of at least 4 members (excludes halogenated alkanes) is 1. The highest BCUT2D eigenvalue weighted by Gasteiger charge is 2.04. The molecule has 22 heavy (non-hydrogen) atoms. The Kier molecular flexibility index (Phi) is 8.18. The van der Waals surface area contributed by atoms with Crippen molar-refractivity contribution in [2.24, 2.45) is 16.6 Å². The van der Waals surface area contributed by atoms with E-state index in [-0.39, 0.29) is 0 Å². The molecule has 0 heterocycles. The van der Waals surface area contributed by atoms with Crippen molar-refractivity contribution in [2.45, 2.75) is 39.7 Å². The van der Waals surface area contributed by atoms with Crippen LogP contribution in [0.2, 0.25) is 0 Å². The van der Waals surface area contributed by atoms with E-state index in [2.05, 4.69) is 24.2 Å². The minimum Gasteiger partial charge on any atom is -0.493 e. The second-order valence-electron chi connectivity index (χ2n) is 5.71. The summed E-state index contributed by atoms with van der Waals surface area (Å²) in [5.41, 5.74) is 6.90. The highest BCUT2D eigenvalue weighted by atomic mass is 16.5. The lowest BCUT2D eigenvalue weighted by molar-refractivity contribution is 0.354. The summed E-state index contributed by atoms with van der Waals surface area (Å²) in [6.45, 7) is 5.87. The van der Waals surface area contributed by atoms with Crippen LogP contribution in [-0.4, -0.2) is 26.7 Å². The largest absolute Gasteiger partial charge is 0.493 e. The zero-order valence-corrected chi connectivity index (χ0v) is 14.2. The van der Waals surface area contributed by atoms with E-state index in [0.29, 0.717) is 24.0 Å². The Morgan fingerprint density at radius 2 is 1.91 bits per heavy atom. The molecule has 0 bridgehead atoms. The van der Waals surface area contributed by atoms with Gasteiger partial charge >= 0.3 is 0 Å². The molecule has 0 spiro atoms. The number of nitrogens with zero attached hydrogens (tertiary/aromatic N) is 1. The van der Waals surface area contributed by atoms with E-state index in [0.717, 1.165) is 24.4 Å². The third-order valence-electron chi connectivity index (χ3n) is 3.39. The lowest BCUT2D eigenvalue weighted by Gasteiger charge is -2.09. The Morgan fingerprint density at radius 1 is 1.18 bits per heavy atom. The van der Waals surface area contributed by atoms with Gasteiger partial charge in [-0.1, -0.05) is 32.8 Å². The van der Waals surface area contributed by atoms with E-state index in [4.69, 9.17) is 15.2 Å². The smallest absolute Gasteiger partial charge is 0.188 e. The molecule has 3 N–H and O–H groups in total. The van der Waals surface area contributed by atoms with Gasteiger partial charge < -0.3 is 20.5 Å². The lowest BCUT2D eigenvalue weighted by Crippen LogP contribution is -2.32. The molecule has 1 aromatic rings. The maximum absolute atomic E-state index is 5.87. The average molecular weight is 307 g/mol. The standard InChI is InChI=1S/C17H29N3O2/c1-13(2)7-5-6-10-19-17(18)20-12-14-8-9-15(21-3)16(11-14)22-4/h8-9,11,13H,5-7,10,12H2,1-4H3,(H3,18,19,20). The Hall–Kier alpha value is -1.91. The van der Waals surface area contributed by atoms with Crippen molar-refractivity contribution in [3.05, 3.63) is 23.8 Å². The maximum atomic E-state index is 5.87. The van der Waals surface area contributed by atoms with Gasteiger partial charge in [-0.05, 0) is 30.0 Å². The molecule has 5 nitrogen and oxygen atoms in total. The molecule has 0 aliphatic rings. The molecule has 1 rings (SSSR count). The van der Waals surface area contributed by atoms with Gasteiger partial charge in [-0.25, -0.2) is 4.99 Å². The molecule has 0 atom stereocenters. The van der Waals surface area contributed by atoms with Gasteiger partial charge in [0.15, 0.2) is 17.5 Å². The monoisotopic (exact) mass is 307 g/mol. The SMILES string of the molecule is COc1ccc(CN=C(N)NCCCCC(C)C)cc1OC. The molecule has 5 heteroatoms. The molecule has 0 fully saturated rings. The molecule has 124 valence electrons. The van der Waals surface area contributed by atoms with Crippen LogP contribution < -0.4 is 20.5 Å². The number of rotatable bonds is 9. The normalized spacial score (nSPS) is 11.6. The molecule has 1 aromatic carbocycles. The Labute approximate surface area is 133 Å². The number of methoxy groups -OCH3 is 2. The minimum absolute atomic E-state index is 0.485. The highest BCUT2D eigenvalue weighted by Crippen LogP contribution is 2.27. The number of nitrogens with one attached hydrogen (secondary N) is 1. The third-order valence-corrected chi connectivity index (χ3v) is 3.39. The second-order valence-corrected chi connectivity index (χ2v) is 5.71. The summed E-state index contributed by atoms with van der Waals surface area (Å²) in [6.07, 6.45) is 3.59. The number of hydrogen-bond donors (Lipinski definition) is 2. The zero-order valence-electron chi connectivity index (χ0n) is 14.2. The van der Waals surface area contributed by atoms with E-state index in [1.165, 1.54) is 12.8 Å². The van der Waals surface area contributed by atoms with Crippen molar-refractivity contribution in [1.29, 1.82) is 0 Å². The summed E-state index contributed by atoms with van der Waals surface area (Å²) in [4.78, 5) is 4.34. The summed E-state index contributed by atoms with van der Waals surface area (Å²) >= 11 is 0. The first-order valence-corrected chi connectivity index (χ1v) is 7.81. The summed E-state index contributed by atoms with van der Waals surface area (Å²) < 4.78 is 10.5. The van der Waals surface area contributed by atoms with E-state index in [1.807, 2.05) is 18.2 Å². The number of ether oxygens (including phenoxy) is 2. The molecule has 0 unspecified atom stereocenters. The van der Waals surface area contributed by atoms with Crippen LogP contribution in [-0.2, 0) is 6.54 Å². The van der Waals surface area contributed by atoms with Crippen LogP contribution >= 0.6 is 0 Å². The first-order chi connectivity index (χ1) is 10.6. The molecule has 0 amide bonds. The summed E-state index contributed by atoms with van der Waals surface area (Å²) in [7, 11) is 3.24. The van der Waals surface area contributed by atoms with E-state index >= 15 is 0 Å². The molecular formula is C17H29N3O2. The van der Waals surface area contributed by atoms with Crippen molar-refractivity contribution in [2.75, 3.05) is 20.8 Å². The number of guanidine groups is 1. The molecule has 0 saturated carbocycles. The number of aliphatic imine (C=N–C) groups is 1. The topological polar surface area (TPSA) is 68.9 Å². The maximum Gasteiger partial charge on any atom is 0.188 e. The van der Waals surface area contributed by atoms with E-state index < -0.39 is 0 Å². The fraction of sp³-hybridized carbons (Fsp3) is 0.588. The zero-order chi connectivity index (χ0) is 16.4. The Balaban J connectivity index is 2.40. The van der Waals surface area contributed by atoms with Crippen LogP contribution in [0.4, 0.5) is 0 Å². The van der Waals surface area contributed by atoms with Crippen LogP contribution in [0, 0.1) is 5.92 Å². The van der Waals surface area contributed by atoms with Crippen molar-refractivity contribution in [1.82, 2.24) is 5.32 Å². The summed E-state index contributed by atoms with van der Waals surface area (Å²) in [6, 6.07) is 5.75. The first kappa shape index (κ1) is 18.1. The third kappa shape index (κ3) is 6.70. The van der Waals surface area contributed by atoms with E-state index in [9.17, 15) is 0 Å². The molecular weight excluding hydrogens is 278 g/mol. The first-order valence-electron chi connectivity index (χ1n) is 7.81. The van der Waals surface area contributed by atoms with Gasteiger partial charge in [0.1, 0.15) is 0 Å². The van der Waals surface area contributed by atoms with Gasteiger partial charge in [-0.2, -0.15) is 0 Å². The minimum atomic E-state index is 0.485. The van der Waals surface area contributed by atoms with Crippen molar-refractivity contribution in [3.63, 3.8) is 0 Å². The van der Waals surface area contributed by atoms with Gasteiger partial charge in [0, 0.05) is 6.54 Å². The summed E-state index contributed by atoms with van der Waals surface area (Å²) in [5.74, 6) is 2.66. The Morgan fingerprint density at radius 3 is 2.55 bits per heavy atom. The second kappa shape index (κ2) is 9.92. The molecule has 0 aliphatic heterocycles. The predicted octanol–water partition coefficient (Wildman–Crippen LogP) is 2.93. The number of nitrogens with two attached hydrogens (primary N) is 1. The fourth-order valence-electron chi connectivity index (χ4n) is 2.11. The van der Waals surface area contributed by atoms with Gasteiger partial charge in [0.2, 0.25) is 0 Å². The van der Waals surface area contributed by atoms with Gasteiger partial charge in [-0.3, -0.25) is 0 Å². The average Bonchev–Trinajstić information content (AvgIpc) is 2.51. The lowest BCUT2D eigenvalue weighted by atomic mass is 10.1.